The first-order chi connectivity index (χ1) is 11.0. The van der Waals surface area contributed by atoms with E-state index < -0.39 is 12.1 Å². The number of hydrogen-bond acceptors (Lipinski definition) is 5. The second kappa shape index (κ2) is 8.07. The fourth-order valence-corrected chi connectivity index (χ4v) is 2.93. The minimum absolute atomic E-state index is 0.0367. The molecule has 0 radical (unpaired) electrons. The number of aromatic nitrogens is 1. The van der Waals surface area contributed by atoms with Crippen molar-refractivity contribution in [2.75, 3.05) is 12.4 Å². The van der Waals surface area contributed by atoms with E-state index in [-0.39, 0.29) is 18.0 Å². The number of benzene rings is 1. The van der Waals surface area contributed by atoms with E-state index >= 15 is 0 Å². The molecule has 1 heterocycles. The predicted octanol–water partition coefficient (Wildman–Crippen LogP) is 4.14. The maximum atomic E-state index is 11.9. The number of esters is 1. The van der Waals surface area contributed by atoms with E-state index in [9.17, 15) is 9.59 Å². The van der Waals surface area contributed by atoms with Gasteiger partial charge in [-0.15, -0.1) is 0 Å². The summed E-state index contributed by atoms with van der Waals surface area (Å²) in [6.07, 6.45) is -0.705. The number of hydrogen-bond donors (Lipinski definition) is 1. The Kier molecular flexibility index (Phi) is 6.12. The molecule has 2 rings (SSSR count). The highest BCUT2D eigenvalue weighted by atomic mass is 79.9. The highest BCUT2D eigenvalue weighted by Gasteiger charge is 2.20. The third-order valence-corrected chi connectivity index (χ3v) is 3.79. The summed E-state index contributed by atoms with van der Waals surface area (Å²) in [6.45, 7) is 0.113. The van der Waals surface area contributed by atoms with Gasteiger partial charge in [-0.1, -0.05) is 30.3 Å². The van der Waals surface area contributed by atoms with Gasteiger partial charge in [0.1, 0.15) is 11.2 Å². The van der Waals surface area contributed by atoms with E-state index in [4.69, 9.17) is 4.74 Å². The molecule has 0 aliphatic rings. The van der Waals surface area contributed by atoms with Gasteiger partial charge in [0.2, 0.25) is 0 Å². The minimum atomic E-state index is -0.705. The van der Waals surface area contributed by atoms with Crippen LogP contribution in [-0.4, -0.2) is 24.2 Å². The summed E-state index contributed by atoms with van der Waals surface area (Å²) >= 11 is 6.45. The Morgan fingerprint density at radius 1 is 1.22 bits per heavy atom. The number of ether oxygens (including phenoxy) is 2. The summed E-state index contributed by atoms with van der Waals surface area (Å²) in [5.41, 5.74) is 0.993. The molecule has 0 aliphatic heterocycles. The van der Waals surface area contributed by atoms with Crippen LogP contribution in [0.1, 0.15) is 16.1 Å². The molecule has 1 N–H and O–H groups in total. The Labute approximate surface area is 149 Å². The first-order valence-corrected chi connectivity index (χ1v) is 8.02. The van der Waals surface area contributed by atoms with Crippen molar-refractivity contribution in [3.05, 3.63) is 56.7 Å². The van der Waals surface area contributed by atoms with Gasteiger partial charge < -0.3 is 9.47 Å². The molecule has 0 bridgehead atoms. The highest BCUT2D eigenvalue weighted by molar-refractivity contribution is 9.11. The molecule has 0 saturated heterocycles. The third kappa shape index (κ3) is 4.77. The zero-order valence-electron chi connectivity index (χ0n) is 12.0. The zero-order chi connectivity index (χ0) is 16.8. The van der Waals surface area contributed by atoms with E-state index in [1.54, 1.807) is 6.07 Å². The van der Waals surface area contributed by atoms with Crippen molar-refractivity contribution in [3.63, 3.8) is 0 Å². The van der Waals surface area contributed by atoms with Crippen LogP contribution in [0.3, 0.4) is 0 Å². The maximum absolute atomic E-state index is 11.9. The van der Waals surface area contributed by atoms with Crippen LogP contribution >= 0.6 is 31.9 Å². The van der Waals surface area contributed by atoms with Gasteiger partial charge >= 0.3 is 12.1 Å². The number of methoxy groups -OCH3 is 1. The van der Waals surface area contributed by atoms with Crippen molar-refractivity contribution in [2.45, 2.75) is 6.61 Å². The molecule has 1 amide bonds. The predicted molar refractivity (Wildman–Crippen MR) is 91.2 cm³/mol. The number of nitrogens with zero attached hydrogens (tertiary/aromatic N) is 1. The van der Waals surface area contributed by atoms with Gasteiger partial charge in [0.25, 0.3) is 0 Å². The van der Waals surface area contributed by atoms with Gasteiger partial charge in [-0.3, -0.25) is 5.32 Å². The van der Waals surface area contributed by atoms with E-state index in [1.165, 1.54) is 7.11 Å². The number of pyridine rings is 1. The van der Waals surface area contributed by atoms with Crippen LogP contribution < -0.4 is 5.32 Å². The second-order valence-electron chi connectivity index (χ2n) is 4.33. The van der Waals surface area contributed by atoms with Gasteiger partial charge in [0.05, 0.1) is 12.8 Å². The topological polar surface area (TPSA) is 77.5 Å². The summed E-state index contributed by atoms with van der Waals surface area (Å²) in [6, 6.07) is 10.8. The quantitative estimate of drug-likeness (QED) is 0.567. The van der Waals surface area contributed by atoms with E-state index in [2.05, 4.69) is 46.9 Å². The Balaban J connectivity index is 2.12. The van der Waals surface area contributed by atoms with Gasteiger partial charge in [-0.05, 0) is 43.5 Å². The van der Waals surface area contributed by atoms with Crippen LogP contribution in [0.5, 0.6) is 0 Å². The smallest absolute Gasteiger partial charge is 0.412 e. The second-order valence-corrected chi connectivity index (χ2v) is 6.00. The Morgan fingerprint density at radius 2 is 1.91 bits per heavy atom. The number of halogens is 2. The summed E-state index contributed by atoms with van der Waals surface area (Å²) in [5, 5.41) is 2.50. The summed E-state index contributed by atoms with van der Waals surface area (Å²) in [5.74, 6) is -0.676. The Hall–Kier alpha value is -1.93. The molecular weight excluding hydrogens is 432 g/mol. The molecule has 6 nitrogen and oxygen atoms in total. The normalized spacial score (nSPS) is 10.0. The molecule has 0 atom stereocenters. The van der Waals surface area contributed by atoms with Crippen LogP contribution in [0.4, 0.5) is 10.5 Å². The number of carbonyl (C=O) groups is 2. The van der Waals surface area contributed by atoms with Crippen LogP contribution in [0, 0.1) is 0 Å². The zero-order valence-corrected chi connectivity index (χ0v) is 15.2. The molecule has 23 heavy (non-hydrogen) atoms. The standard InChI is InChI=1S/C15H12Br2N2O4/c1-22-14(20)13-12(10(16)7-11(17)18-13)19-15(21)23-8-9-5-3-2-4-6-9/h2-7H,8H2,1H3,(H,19,21). The first kappa shape index (κ1) is 17.4. The summed E-state index contributed by atoms with van der Waals surface area (Å²) in [7, 11) is 1.23. The Bertz CT molecular complexity index is 723. The lowest BCUT2D eigenvalue weighted by molar-refractivity contribution is 0.0595. The molecule has 1 aromatic carbocycles. The maximum Gasteiger partial charge on any atom is 0.412 e. The van der Waals surface area contributed by atoms with E-state index in [0.717, 1.165) is 5.56 Å². The first-order valence-electron chi connectivity index (χ1n) is 6.43. The lowest BCUT2D eigenvalue weighted by Gasteiger charge is -2.12. The van der Waals surface area contributed by atoms with E-state index in [0.29, 0.717) is 9.08 Å². The molecule has 0 aliphatic carbocycles. The van der Waals surface area contributed by atoms with Crippen molar-refractivity contribution >= 4 is 49.6 Å². The number of carbonyl (C=O) groups excluding carboxylic acids is 2. The van der Waals surface area contributed by atoms with Crippen molar-refractivity contribution in [3.8, 4) is 0 Å². The number of rotatable bonds is 4. The Morgan fingerprint density at radius 3 is 2.57 bits per heavy atom. The molecule has 8 heteroatoms. The third-order valence-electron chi connectivity index (χ3n) is 2.76. The lowest BCUT2D eigenvalue weighted by Crippen LogP contribution is -2.18. The number of anilines is 1. The minimum Gasteiger partial charge on any atom is -0.464 e. The largest absolute Gasteiger partial charge is 0.464 e. The van der Waals surface area contributed by atoms with Crippen molar-refractivity contribution in [2.24, 2.45) is 0 Å². The van der Waals surface area contributed by atoms with Gasteiger partial charge in [-0.2, -0.15) is 0 Å². The fourth-order valence-electron chi connectivity index (χ4n) is 1.71. The van der Waals surface area contributed by atoms with Crippen molar-refractivity contribution in [1.82, 2.24) is 4.98 Å². The molecule has 1 aromatic heterocycles. The molecule has 120 valence electrons. The number of amides is 1. The van der Waals surface area contributed by atoms with Crippen molar-refractivity contribution < 1.29 is 19.1 Å². The molecular formula is C15H12Br2N2O4. The monoisotopic (exact) mass is 442 g/mol. The van der Waals surface area contributed by atoms with Crippen LogP contribution in [0.2, 0.25) is 0 Å². The molecule has 0 spiro atoms. The summed E-state index contributed by atoms with van der Waals surface area (Å²) in [4.78, 5) is 27.7. The lowest BCUT2D eigenvalue weighted by atomic mass is 10.2. The van der Waals surface area contributed by atoms with Crippen LogP contribution in [0.25, 0.3) is 0 Å². The molecule has 0 fully saturated rings. The van der Waals surface area contributed by atoms with Crippen LogP contribution in [0.15, 0.2) is 45.5 Å². The van der Waals surface area contributed by atoms with Gasteiger partial charge in [0, 0.05) is 4.47 Å². The van der Waals surface area contributed by atoms with Crippen molar-refractivity contribution in [1.29, 1.82) is 0 Å². The fraction of sp³-hybridized carbons (Fsp3) is 0.133. The highest BCUT2D eigenvalue weighted by Crippen LogP contribution is 2.29. The average molecular weight is 444 g/mol. The average Bonchev–Trinajstić information content (AvgIpc) is 2.55. The molecule has 0 saturated carbocycles. The van der Waals surface area contributed by atoms with Gasteiger partial charge in [-0.25, -0.2) is 14.6 Å². The number of nitrogens with one attached hydrogen (secondary N) is 1. The van der Waals surface area contributed by atoms with Crippen LogP contribution in [-0.2, 0) is 16.1 Å². The van der Waals surface area contributed by atoms with Gasteiger partial charge in [0.15, 0.2) is 5.69 Å². The molecule has 0 unspecified atom stereocenters. The summed E-state index contributed by atoms with van der Waals surface area (Å²) < 4.78 is 10.7. The van der Waals surface area contributed by atoms with E-state index in [1.807, 2.05) is 30.3 Å². The molecule has 2 aromatic rings. The SMILES string of the molecule is COC(=O)c1nc(Br)cc(Br)c1NC(=O)OCc1ccccc1.